The summed E-state index contributed by atoms with van der Waals surface area (Å²) < 4.78 is 7.99. The number of hydrogen-bond acceptors (Lipinski definition) is 4. The Kier molecular flexibility index (Phi) is 8.26. The maximum absolute atomic E-state index is 13.8. The smallest absolute Gasteiger partial charge is 0.358 e. The van der Waals surface area contributed by atoms with E-state index in [1.165, 1.54) is 0 Å². The zero-order valence-corrected chi connectivity index (χ0v) is 25.6. The van der Waals surface area contributed by atoms with Crippen molar-refractivity contribution in [2.45, 2.75) is 6.92 Å². The first-order valence-electron chi connectivity index (χ1n) is 14.1. The number of halogens is 1. The summed E-state index contributed by atoms with van der Waals surface area (Å²) in [6.07, 6.45) is 1.55. The zero-order valence-electron chi connectivity index (χ0n) is 24.1. The number of carbonyl (C=O) groups excluding carboxylic acids is 3. The van der Waals surface area contributed by atoms with Crippen LogP contribution in [0, 0.1) is 0 Å². The summed E-state index contributed by atoms with van der Waals surface area (Å²) in [4.78, 5) is 43.7. The van der Waals surface area contributed by atoms with E-state index in [2.05, 4.69) is 20.9 Å². The molecule has 1 N–H and O–H groups in total. The van der Waals surface area contributed by atoms with E-state index in [9.17, 15) is 19.5 Å². The van der Waals surface area contributed by atoms with Crippen LogP contribution in [0.4, 0.5) is 10.5 Å². The summed E-state index contributed by atoms with van der Waals surface area (Å²) in [7, 11) is 0. The normalized spacial score (nSPS) is 14.0. The second-order valence-electron chi connectivity index (χ2n) is 10.1. The molecular weight excluding hydrogens is 634 g/mol. The standard InChI is InChI=1S/C36H26BrN3O5/c1-2-45-35(43)25-13-17-28(18-14-25)39-31(23-9-5-3-6-10-23)22-26(32(39)24-11-7-4-8-12-24)21-30-33(41)38-36(44)40(34(30)42)29-19-15-27(37)16-20-29/h3-22H,2H2,1H3,(H,38,41,44)/b30-21-. The molecule has 0 fully saturated rings. The maximum Gasteiger partial charge on any atom is 0.358 e. The number of aromatic nitrogens is 1. The molecule has 8 nitrogen and oxygen atoms in total. The SMILES string of the molecule is CCOC(=O)c1ccc(-n2c(-c3ccccc3)cc(/C=C3\C(=O)N(c4ccc(Br)cc4)C(=O)N=C3O)c2-c2ccccc2)cc1. The van der Waals surface area contributed by atoms with Gasteiger partial charge in [0.05, 0.1) is 29.2 Å². The van der Waals surface area contributed by atoms with Gasteiger partial charge in [0.15, 0.2) is 0 Å². The second kappa shape index (κ2) is 12.6. The number of ether oxygens (including phenoxy) is 1. The van der Waals surface area contributed by atoms with Crippen molar-refractivity contribution in [3.05, 3.63) is 136 Å². The number of rotatable bonds is 7. The molecule has 4 aromatic carbocycles. The molecule has 1 aromatic heterocycles. The van der Waals surface area contributed by atoms with Crippen LogP contribution in [-0.2, 0) is 9.53 Å². The van der Waals surface area contributed by atoms with Crippen molar-refractivity contribution in [2.24, 2.45) is 4.99 Å². The predicted molar refractivity (Wildman–Crippen MR) is 178 cm³/mol. The number of nitrogens with zero attached hydrogens (tertiary/aromatic N) is 3. The van der Waals surface area contributed by atoms with Crippen molar-refractivity contribution in [2.75, 3.05) is 11.5 Å². The number of aliphatic hydroxyl groups excluding tert-OH is 1. The Hall–Kier alpha value is -5.54. The average molecular weight is 661 g/mol. The van der Waals surface area contributed by atoms with Gasteiger partial charge in [0, 0.05) is 15.7 Å². The highest BCUT2D eigenvalue weighted by atomic mass is 79.9. The number of urea groups is 1. The molecule has 0 saturated carbocycles. The van der Waals surface area contributed by atoms with Crippen molar-refractivity contribution in [1.82, 2.24) is 4.57 Å². The lowest BCUT2D eigenvalue weighted by Gasteiger charge is -2.23. The molecule has 222 valence electrons. The predicted octanol–water partition coefficient (Wildman–Crippen LogP) is 8.26. The van der Waals surface area contributed by atoms with E-state index in [1.54, 1.807) is 49.4 Å². The lowest BCUT2D eigenvalue weighted by Crippen LogP contribution is -2.42. The van der Waals surface area contributed by atoms with Gasteiger partial charge in [-0.25, -0.2) is 14.5 Å². The van der Waals surface area contributed by atoms with Gasteiger partial charge in [-0.3, -0.25) is 4.79 Å². The molecule has 0 radical (unpaired) electrons. The summed E-state index contributed by atoms with van der Waals surface area (Å²) >= 11 is 3.37. The molecule has 9 heteroatoms. The molecule has 45 heavy (non-hydrogen) atoms. The van der Waals surface area contributed by atoms with Crippen molar-refractivity contribution < 1.29 is 24.2 Å². The van der Waals surface area contributed by atoms with Crippen molar-refractivity contribution in [1.29, 1.82) is 0 Å². The second-order valence-corrected chi connectivity index (χ2v) is 11.0. The number of carbonyl (C=O) groups is 3. The van der Waals surface area contributed by atoms with Crippen LogP contribution in [0.1, 0.15) is 22.8 Å². The molecule has 5 aromatic rings. The Bertz CT molecular complexity index is 1960. The van der Waals surface area contributed by atoms with E-state index in [0.717, 1.165) is 37.6 Å². The van der Waals surface area contributed by atoms with E-state index < -0.39 is 23.8 Å². The number of aliphatic imine (C=N–C) groups is 1. The molecule has 1 aliphatic rings. The van der Waals surface area contributed by atoms with E-state index in [-0.39, 0.29) is 12.2 Å². The number of aliphatic hydroxyl groups is 1. The van der Waals surface area contributed by atoms with Gasteiger partial charge in [-0.2, -0.15) is 4.99 Å². The largest absolute Gasteiger partial charge is 0.493 e. The number of amides is 3. The molecule has 0 unspecified atom stereocenters. The summed E-state index contributed by atoms with van der Waals surface area (Å²) in [5.74, 6) is -1.78. The molecule has 0 atom stereocenters. The van der Waals surface area contributed by atoms with Crippen LogP contribution in [0.5, 0.6) is 0 Å². The number of benzene rings is 4. The highest BCUT2D eigenvalue weighted by molar-refractivity contribution is 9.10. The Balaban J connectivity index is 1.58. The number of esters is 1. The third-order valence-electron chi connectivity index (χ3n) is 7.24. The maximum atomic E-state index is 13.8. The zero-order chi connectivity index (χ0) is 31.5. The lowest BCUT2D eigenvalue weighted by molar-refractivity contribution is -0.114. The van der Waals surface area contributed by atoms with Gasteiger partial charge in [-0.1, -0.05) is 76.6 Å². The first kappa shape index (κ1) is 29.5. The molecule has 3 amide bonds. The van der Waals surface area contributed by atoms with Crippen LogP contribution in [0.2, 0.25) is 0 Å². The molecule has 0 aliphatic carbocycles. The van der Waals surface area contributed by atoms with Crippen molar-refractivity contribution in [3.8, 4) is 28.2 Å². The van der Waals surface area contributed by atoms with Gasteiger partial charge in [-0.15, -0.1) is 0 Å². The van der Waals surface area contributed by atoms with Gasteiger partial charge in [0.2, 0.25) is 5.90 Å². The molecule has 6 rings (SSSR count). The molecular formula is C36H26BrN3O5. The Labute approximate surface area is 267 Å². The molecule has 2 heterocycles. The Morgan fingerprint density at radius 3 is 2.07 bits per heavy atom. The summed E-state index contributed by atoms with van der Waals surface area (Å²) in [5.41, 5.74) is 5.21. The summed E-state index contributed by atoms with van der Waals surface area (Å²) in [6, 6.07) is 34.2. The minimum absolute atomic E-state index is 0.135. The minimum Gasteiger partial charge on any atom is -0.493 e. The molecule has 1 aliphatic heterocycles. The van der Waals surface area contributed by atoms with Crippen molar-refractivity contribution >= 4 is 51.5 Å². The monoisotopic (exact) mass is 659 g/mol. The van der Waals surface area contributed by atoms with Gasteiger partial charge in [0.25, 0.3) is 5.91 Å². The average Bonchev–Trinajstić information content (AvgIpc) is 3.44. The lowest BCUT2D eigenvalue weighted by atomic mass is 10.0. The van der Waals surface area contributed by atoms with Crippen LogP contribution in [0.15, 0.2) is 130 Å². The number of imide groups is 1. The minimum atomic E-state index is -0.885. The summed E-state index contributed by atoms with van der Waals surface area (Å²) in [5, 5.41) is 10.8. The first-order chi connectivity index (χ1) is 21.9. The van der Waals surface area contributed by atoms with Crippen LogP contribution < -0.4 is 4.90 Å². The molecule has 0 spiro atoms. The summed E-state index contributed by atoms with van der Waals surface area (Å²) in [6.45, 7) is 2.03. The van der Waals surface area contributed by atoms with Crippen LogP contribution >= 0.6 is 15.9 Å². The fourth-order valence-corrected chi connectivity index (χ4v) is 5.45. The van der Waals surface area contributed by atoms with E-state index in [0.29, 0.717) is 16.8 Å². The quantitative estimate of drug-likeness (QED) is 0.140. The highest BCUT2D eigenvalue weighted by Crippen LogP contribution is 2.38. The van der Waals surface area contributed by atoms with E-state index >= 15 is 0 Å². The van der Waals surface area contributed by atoms with Crippen LogP contribution in [0.3, 0.4) is 0 Å². The van der Waals surface area contributed by atoms with Gasteiger partial charge in [-0.05, 0) is 78.7 Å². The Morgan fingerprint density at radius 2 is 1.44 bits per heavy atom. The molecule has 0 saturated heterocycles. The third kappa shape index (κ3) is 5.85. The fraction of sp³-hybridized carbons (Fsp3) is 0.0556. The topological polar surface area (TPSA) is 101 Å². The number of hydrogen-bond donors (Lipinski definition) is 1. The van der Waals surface area contributed by atoms with Crippen molar-refractivity contribution in [3.63, 3.8) is 0 Å². The van der Waals surface area contributed by atoms with E-state index in [1.807, 2.05) is 83.4 Å². The Morgan fingerprint density at radius 1 is 0.844 bits per heavy atom. The highest BCUT2D eigenvalue weighted by Gasteiger charge is 2.35. The van der Waals surface area contributed by atoms with Gasteiger partial charge < -0.3 is 14.4 Å². The van der Waals surface area contributed by atoms with Gasteiger partial charge in [0.1, 0.15) is 5.57 Å². The first-order valence-corrected chi connectivity index (χ1v) is 14.9. The third-order valence-corrected chi connectivity index (χ3v) is 7.76. The molecule has 0 bridgehead atoms. The van der Waals surface area contributed by atoms with E-state index in [4.69, 9.17) is 4.74 Å². The fourth-order valence-electron chi connectivity index (χ4n) is 5.19. The van der Waals surface area contributed by atoms with Crippen LogP contribution in [-0.4, -0.2) is 40.1 Å². The van der Waals surface area contributed by atoms with Gasteiger partial charge >= 0.3 is 12.0 Å². The van der Waals surface area contributed by atoms with Crippen LogP contribution in [0.25, 0.3) is 34.3 Å². The number of anilines is 1.